The van der Waals surface area contributed by atoms with Gasteiger partial charge in [-0.1, -0.05) is 12.1 Å². The average molecular weight is 372 g/mol. The minimum atomic E-state index is -0.264. The molecule has 4 rings (SSSR count). The molecule has 2 aliphatic rings. The first-order chi connectivity index (χ1) is 13.0. The van der Waals surface area contributed by atoms with Gasteiger partial charge in [-0.3, -0.25) is 14.4 Å². The minimum absolute atomic E-state index is 0.0278. The summed E-state index contributed by atoms with van der Waals surface area (Å²) < 4.78 is 20.7. The van der Waals surface area contributed by atoms with Crippen LogP contribution >= 0.6 is 0 Å². The lowest BCUT2D eigenvalue weighted by atomic mass is 9.89. The SMILES string of the molecule is COCC(=O)N1C[C@H]2CN(Cc3cnn(C)c3)C[C@H]2[C@@H]1c1cccc(F)c1. The van der Waals surface area contributed by atoms with Gasteiger partial charge in [0.05, 0.1) is 12.2 Å². The molecule has 27 heavy (non-hydrogen) atoms. The molecule has 0 aliphatic carbocycles. The number of hydrogen-bond acceptors (Lipinski definition) is 4. The summed E-state index contributed by atoms with van der Waals surface area (Å²) in [6.45, 7) is 3.42. The summed E-state index contributed by atoms with van der Waals surface area (Å²) in [6, 6.07) is 6.55. The standard InChI is InChI=1S/C20H25FN4O2/c1-23-8-14(7-22-23)9-24-10-16-11-25(19(26)13-27-2)20(18(16)12-24)15-4-3-5-17(21)6-15/h3-8,16,18,20H,9-13H2,1-2H3/t16-,18-,20+/m1/s1. The fourth-order valence-electron chi connectivity index (χ4n) is 4.66. The van der Waals surface area contributed by atoms with Crippen molar-refractivity contribution in [3.8, 4) is 0 Å². The van der Waals surface area contributed by atoms with Gasteiger partial charge in [-0.15, -0.1) is 0 Å². The van der Waals surface area contributed by atoms with Crippen LogP contribution in [0.5, 0.6) is 0 Å². The molecule has 2 aromatic rings. The van der Waals surface area contributed by atoms with E-state index in [1.165, 1.54) is 18.7 Å². The van der Waals surface area contributed by atoms with Crippen molar-refractivity contribution in [3.05, 3.63) is 53.6 Å². The summed E-state index contributed by atoms with van der Waals surface area (Å²) in [7, 11) is 3.45. The highest BCUT2D eigenvalue weighted by atomic mass is 19.1. The highest BCUT2D eigenvalue weighted by Crippen LogP contribution is 2.45. The third kappa shape index (κ3) is 3.61. The molecule has 3 heterocycles. The van der Waals surface area contributed by atoms with Crippen LogP contribution < -0.4 is 0 Å². The first-order valence-corrected chi connectivity index (χ1v) is 9.29. The first-order valence-electron chi connectivity index (χ1n) is 9.29. The number of ether oxygens (including phenoxy) is 1. The largest absolute Gasteiger partial charge is 0.375 e. The van der Waals surface area contributed by atoms with Crippen LogP contribution in [0.3, 0.4) is 0 Å². The van der Waals surface area contributed by atoms with Gasteiger partial charge in [-0.05, 0) is 23.6 Å². The number of fused-ring (bicyclic) bond motifs is 1. The number of carbonyl (C=O) groups is 1. The summed E-state index contributed by atoms with van der Waals surface area (Å²) >= 11 is 0. The van der Waals surface area contributed by atoms with Crippen LogP contribution in [0.15, 0.2) is 36.7 Å². The molecule has 0 N–H and O–H groups in total. The lowest BCUT2D eigenvalue weighted by Gasteiger charge is -2.30. The second kappa shape index (κ2) is 7.40. The van der Waals surface area contributed by atoms with Gasteiger partial charge < -0.3 is 9.64 Å². The quantitative estimate of drug-likeness (QED) is 0.804. The average Bonchev–Trinajstić information content (AvgIpc) is 3.29. The molecule has 0 unspecified atom stereocenters. The van der Waals surface area contributed by atoms with Gasteiger partial charge in [-0.25, -0.2) is 4.39 Å². The van der Waals surface area contributed by atoms with E-state index in [0.717, 1.165) is 25.2 Å². The molecule has 0 saturated carbocycles. The van der Waals surface area contributed by atoms with Crippen molar-refractivity contribution in [2.24, 2.45) is 18.9 Å². The number of benzene rings is 1. The molecule has 1 amide bonds. The van der Waals surface area contributed by atoms with Crippen molar-refractivity contribution in [1.82, 2.24) is 19.6 Å². The number of nitrogens with zero attached hydrogens (tertiary/aromatic N) is 4. The summed E-state index contributed by atoms with van der Waals surface area (Å²) in [5.41, 5.74) is 2.06. The second-order valence-electron chi connectivity index (χ2n) is 7.62. The summed E-state index contributed by atoms with van der Waals surface area (Å²) in [5.74, 6) is 0.389. The Bertz CT molecular complexity index is 824. The van der Waals surface area contributed by atoms with Crippen molar-refractivity contribution in [3.63, 3.8) is 0 Å². The number of likely N-dealkylation sites (tertiary alicyclic amines) is 2. The Labute approximate surface area is 158 Å². The lowest BCUT2D eigenvalue weighted by Crippen LogP contribution is -2.37. The number of hydrogen-bond donors (Lipinski definition) is 0. The number of halogens is 1. The number of amides is 1. The molecule has 7 heteroatoms. The van der Waals surface area contributed by atoms with E-state index in [1.807, 2.05) is 35.1 Å². The molecule has 2 saturated heterocycles. The van der Waals surface area contributed by atoms with Gasteiger partial charge in [-0.2, -0.15) is 5.10 Å². The number of aryl methyl sites for hydroxylation is 1. The zero-order valence-electron chi connectivity index (χ0n) is 15.7. The number of methoxy groups -OCH3 is 1. The van der Waals surface area contributed by atoms with Crippen molar-refractivity contribution < 1.29 is 13.9 Å². The van der Waals surface area contributed by atoms with Gasteiger partial charge in [0.2, 0.25) is 5.91 Å². The van der Waals surface area contributed by atoms with Gasteiger partial charge in [0, 0.05) is 58.0 Å². The maximum atomic E-state index is 13.9. The Kier molecular flexibility index (Phi) is 4.97. The Morgan fingerprint density at radius 2 is 2.19 bits per heavy atom. The Balaban J connectivity index is 1.56. The molecule has 1 aromatic carbocycles. The van der Waals surface area contributed by atoms with Crippen molar-refractivity contribution in [2.75, 3.05) is 33.4 Å². The molecule has 2 aliphatic heterocycles. The summed E-state index contributed by atoms with van der Waals surface area (Å²) in [6.07, 6.45) is 3.93. The summed E-state index contributed by atoms with van der Waals surface area (Å²) in [4.78, 5) is 16.9. The van der Waals surface area contributed by atoms with Crippen molar-refractivity contribution in [2.45, 2.75) is 12.6 Å². The molecule has 144 valence electrons. The normalized spacial score (nSPS) is 25.1. The van der Waals surface area contributed by atoms with E-state index in [1.54, 1.807) is 12.1 Å². The zero-order valence-corrected chi connectivity index (χ0v) is 15.7. The maximum absolute atomic E-state index is 13.9. The topological polar surface area (TPSA) is 50.6 Å². The number of carbonyl (C=O) groups excluding carboxylic acids is 1. The molecule has 1 aromatic heterocycles. The van der Waals surface area contributed by atoms with Crippen LogP contribution in [-0.2, 0) is 23.1 Å². The van der Waals surface area contributed by atoms with Crippen LogP contribution in [0.1, 0.15) is 17.2 Å². The van der Waals surface area contributed by atoms with E-state index in [-0.39, 0.29) is 24.4 Å². The zero-order chi connectivity index (χ0) is 19.0. The van der Waals surface area contributed by atoms with Crippen molar-refractivity contribution in [1.29, 1.82) is 0 Å². The van der Waals surface area contributed by atoms with E-state index < -0.39 is 0 Å². The van der Waals surface area contributed by atoms with Gasteiger partial charge in [0.15, 0.2) is 0 Å². The first kappa shape index (κ1) is 18.1. The lowest BCUT2D eigenvalue weighted by molar-refractivity contribution is -0.136. The fraction of sp³-hybridized carbons (Fsp3) is 0.500. The molecule has 3 atom stereocenters. The van der Waals surface area contributed by atoms with E-state index in [9.17, 15) is 9.18 Å². The van der Waals surface area contributed by atoms with Crippen molar-refractivity contribution >= 4 is 5.91 Å². The van der Waals surface area contributed by atoms with Crippen LogP contribution in [0.4, 0.5) is 4.39 Å². The smallest absolute Gasteiger partial charge is 0.249 e. The molecule has 6 nitrogen and oxygen atoms in total. The van der Waals surface area contributed by atoms with Crippen LogP contribution in [-0.4, -0.2) is 58.8 Å². The highest BCUT2D eigenvalue weighted by Gasteiger charge is 2.48. The molecule has 0 bridgehead atoms. The van der Waals surface area contributed by atoms with Gasteiger partial charge in [0.25, 0.3) is 0 Å². The second-order valence-corrected chi connectivity index (χ2v) is 7.62. The van der Waals surface area contributed by atoms with E-state index in [0.29, 0.717) is 18.4 Å². The van der Waals surface area contributed by atoms with Crippen LogP contribution in [0.25, 0.3) is 0 Å². The molecular formula is C20H25FN4O2. The van der Waals surface area contributed by atoms with Gasteiger partial charge >= 0.3 is 0 Å². The molecule has 0 radical (unpaired) electrons. The maximum Gasteiger partial charge on any atom is 0.249 e. The Morgan fingerprint density at radius 1 is 1.33 bits per heavy atom. The molecule has 2 fully saturated rings. The third-order valence-electron chi connectivity index (χ3n) is 5.68. The van der Waals surface area contributed by atoms with E-state index >= 15 is 0 Å². The summed E-state index contributed by atoms with van der Waals surface area (Å²) in [5, 5.41) is 4.24. The predicted molar refractivity (Wildman–Crippen MR) is 98.2 cm³/mol. The fourth-order valence-corrected chi connectivity index (χ4v) is 4.66. The predicted octanol–water partition coefficient (Wildman–Crippen LogP) is 1.84. The van der Waals surface area contributed by atoms with Gasteiger partial charge in [0.1, 0.15) is 12.4 Å². The van der Waals surface area contributed by atoms with E-state index in [4.69, 9.17) is 4.74 Å². The monoisotopic (exact) mass is 372 g/mol. The minimum Gasteiger partial charge on any atom is -0.375 e. The third-order valence-corrected chi connectivity index (χ3v) is 5.68. The Morgan fingerprint density at radius 3 is 2.89 bits per heavy atom. The molecular weight excluding hydrogens is 347 g/mol. The number of rotatable bonds is 5. The Hall–Kier alpha value is -2.25. The van der Waals surface area contributed by atoms with E-state index in [2.05, 4.69) is 10.00 Å². The number of aromatic nitrogens is 2. The highest BCUT2D eigenvalue weighted by molar-refractivity contribution is 5.78. The van der Waals surface area contributed by atoms with Crippen LogP contribution in [0.2, 0.25) is 0 Å². The van der Waals surface area contributed by atoms with Crippen LogP contribution in [0, 0.1) is 17.7 Å². The molecule has 0 spiro atoms.